The summed E-state index contributed by atoms with van der Waals surface area (Å²) in [6.07, 6.45) is 0.525. The lowest BCUT2D eigenvalue weighted by Gasteiger charge is -2.29. The Bertz CT molecular complexity index is 1110. The SMILES string of the molecule is O=C1CCC(N2Cc3c(csc3CNC(=O)Nc3ccc4c(c3)OCO4)C2=O)C(=O)N1. The van der Waals surface area contributed by atoms with Gasteiger partial charge < -0.3 is 25.0 Å². The fourth-order valence-electron chi connectivity index (χ4n) is 3.86. The van der Waals surface area contributed by atoms with Crippen molar-refractivity contribution in [2.24, 2.45) is 0 Å². The van der Waals surface area contributed by atoms with Gasteiger partial charge in [0.05, 0.1) is 12.1 Å². The van der Waals surface area contributed by atoms with Gasteiger partial charge in [-0.2, -0.15) is 0 Å². The molecule has 1 atom stereocenters. The minimum atomic E-state index is -0.655. The zero-order valence-electron chi connectivity index (χ0n) is 16.2. The van der Waals surface area contributed by atoms with Crippen molar-refractivity contribution in [2.45, 2.75) is 32.0 Å². The second kappa shape index (κ2) is 7.58. The van der Waals surface area contributed by atoms with Crippen LogP contribution in [0, 0.1) is 0 Å². The second-order valence-electron chi connectivity index (χ2n) is 7.33. The van der Waals surface area contributed by atoms with E-state index in [1.165, 1.54) is 16.2 Å². The van der Waals surface area contributed by atoms with Crippen LogP contribution in [0.3, 0.4) is 0 Å². The number of urea groups is 1. The number of carbonyl (C=O) groups is 4. The van der Waals surface area contributed by atoms with Gasteiger partial charge in [0, 0.05) is 35.0 Å². The molecule has 0 radical (unpaired) electrons. The molecular weight excluding hydrogens is 424 g/mol. The lowest BCUT2D eigenvalue weighted by molar-refractivity contribution is -0.136. The molecule has 3 aliphatic rings. The molecule has 1 unspecified atom stereocenters. The zero-order chi connectivity index (χ0) is 21.5. The van der Waals surface area contributed by atoms with Crippen LogP contribution in [0.5, 0.6) is 11.5 Å². The number of benzene rings is 1. The molecule has 2 aromatic rings. The van der Waals surface area contributed by atoms with E-state index in [-0.39, 0.29) is 38.1 Å². The first-order valence-electron chi connectivity index (χ1n) is 9.68. The maximum absolute atomic E-state index is 12.8. The van der Waals surface area contributed by atoms with E-state index in [1.807, 2.05) is 0 Å². The van der Waals surface area contributed by atoms with Gasteiger partial charge in [0.15, 0.2) is 11.5 Å². The van der Waals surface area contributed by atoms with Gasteiger partial charge in [-0.05, 0) is 24.1 Å². The standard InChI is InChI=1S/C20H18N4O6S/c25-17-4-2-13(18(26)23-17)24-7-11-12(19(24)27)8-31-16(11)6-21-20(28)22-10-1-3-14-15(5-10)30-9-29-14/h1,3,5,8,13H,2,4,6-7,9H2,(H2,21,22,28)(H,23,25,26). The summed E-state index contributed by atoms with van der Waals surface area (Å²) < 4.78 is 10.5. The number of nitrogens with one attached hydrogen (secondary N) is 3. The largest absolute Gasteiger partial charge is 0.454 e. The average molecular weight is 442 g/mol. The lowest BCUT2D eigenvalue weighted by atomic mass is 10.0. The molecule has 5 amide bonds. The Morgan fingerprint density at radius 2 is 2.06 bits per heavy atom. The van der Waals surface area contributed by atoms with Crippen molar-refractivity contribution >= 4 is 40.8 Å². The van der Waals surface area contributed by atoms with Crippen molar-refractivity contribution in [1.82, 2.24) is 15.5 Å². The maximum Gasteiger partial charge on any atom is 0.319 e. The third kappa shape index (κ3) is 3.56. The number of fused-ring (bicyclic) bond motifs is 2. The second-order valence-corrected chi connectivity index (χ2v) is 8.29. The van der Waals surface area contributed by atoms with Crippen LogP contribution in [-0.2, 0) is 22.7 Å². The number of rotatable bonds is 4. The van der Waals surface area contributed by atoms with Crippen LogP contribution in [0.15, 0.2) is 23.6 Å². The fraction of sp³-hybridized carbons (Fsp3) is 0.300. The maximum atomic E-state index is 12.8. The molecule has 0 aliphatic carbocycles. The number of imide groups is 1. The van der Waals surface area contributed by atoms with E-state index in [0.29, 0.717) is 29.2 Å². The van der Waals surface area contributed by atoms with E-state index in [1.54, 1.807) is 23.6 Å². The van der Waals surface area contributed by atoms with Crippen molar-refractivity contribution in [3.8, 4) is 11.5 Å². The van der Waals surface area contributed by atoms with Crippen LogP contribution < -0.4 is 25.4 Å². The number of ether oxygens (including phenoxy) is 2. The van der Waals surface area contributed by atoms with Gasteiger partial charge in [-0.1, -0.05) is 0 Å². The Kier molecular flexibility index (Phi) is 4.74. The van der Waals surface area contributed by atoms with Gasteiger partial charge in [-0.25, -0.2) is 4.79 Å². The number of hydrogen-bond acceptors (Lipinski definition) is 7. The summed E-state index contributed by atoms with van der Waals surface area (Å²) >= 11 is 1.39. The van der Waals surface area contributed by atoms with Crippen LogP contribution in [0.25, 0.3) is 0 Å². The topological polar surface area (TPSA) is 126 Å². The van der Waals surface area contributed by atoms with Gasteiger partial charge in [0.1, 0.15) is 6.04 Å². The molecule has 3 aliphatic heterocycles. The zero-order valence-corrected chi connectivity index (χ0v) is 17.0. The molecule has 0 bridgehead atoms. The molecule has 0 spiro atoms. The first kappa shape index (κ1) is 19.4. The number of anilines is 1. The van der Waals surface area contributed by atoms with Crippen LogP contribution in [0.2, 0.25) is 0 Å². The van der Waals surface area contributed by atoms with Crippen molar-refractivity contribution in [3.63, 3.8) is 0 Å². The molecule has 1 saturated heterocycles. The summed E-state index contributed by atoms with van der Waals surface area (Å²) in [7, 11) is 0. The number of amides is 5. The average Bonchev–Trinajstić information content (AvgIpc) is 3.43. The van der Waals surface area contributed by atoms with Crippen LogP contribution in [0.4, 0.5) is 10.5 Å². The first-order chi connectivity index (χ1) is 15.0. The summed E-state index contributed by atoms with van der Waals surface area (Å²) in [5, 5.41) is 9.56. The van der Waals surface area contributed by atoms with Crippen molar-refractivity contribution < 1.29 is 28.7 Å². The highest BCUT2D eigenvalue weighted by molar-refractivity contribution is 7.10. The van der Waals surface area contributed by atoms with Crippen molar-refractivity contribution in [2.75, 3.05) is 12.1 Å². The Morgan fingerprint density at radius 1 is 1.23 bits per heavy atom. The van der Waals surface area contributed by atoms with Gasteiger partial charge in [0.25, 0.3) is 5.91 Å². The van der Waals surface area contributed by atoms with E-state index in [9.17, 15) is 19.2 Å². The van der Waals surface area contributed by atoms with Gasteiger partial charge in [0.2, 0.25) is 18.6 Å². The lowest BCUT2D eigenvalue weighted by Crippen LogP contribution is -2.52. The van der Waals surface area contributed by atoms with E-state index < -0.39 is 18.0 Å². The molecule has 1 aromatic carbocycles. The predicted molar refractivity (Wildman–Crippen MR) is 109 cm³/mol. The Balaban J connectivity index is 1.21. The molecule has 3 N–H and O–H groups in total. The molecule has 160 valence electrons. The molecule has 10 nitrogen and oxygen atoms in total. The number of piperidine rings is 1. The minimum absolute atomic E-state index is 0.156. The summed E-state index contributed by atoms with van der Waals surface area (Å²) in [4.78, 5) is 50.9. The molecule has 1 aromatic heterocycles. The van der Waals surface area contributed by atoms with E-state index >= 15 is 0 Å². The van der Waals surface area contributed by atoms with Crippen molar-refractivity contribution in [3.05, 3.63) is 39.6 Å². The summed E-state index contributed by atoms with van der Waals surface area (Å²) in [6, 6.07) is 4.07. The number of nitrogens with zero attached hydrogens (tertiary/aromatic N) is 1. The highest BCUT2D eigenvalue weighted by Gasteiger charge is 2.40. The normalized spacial score (nSPS) is 19.3. The summed E-state index contributed by atoms with van der Waals surface area (Å²) in [6.45, 7) is 0.681. The van der Waals surface area contributed by atoms with Crippen LogP contribution >= 0.6 is 11.3 Å². The summed E-state index contributed by atoms with van der Waals surface area (Å²) in [5.74, 6) is 0.213. The first-order valence-corrected chi connectivity index (χ1v) is 10.6. The Hall–Kier alpha value is -3.60. The Labute approximate surface area is 180 Å². The van der Waals surface area contributed by atoms with Gasteiger partial charge >= 0.3 is 6.03 Å². The Morgan fingerprint density at radius 3 is 2.90 bits per heavy atom. The highest BCUT2D eigenvalue weighted by Crippen LogP contribution is 2.35. The molecule has 5 rings (SSSR count). The molecule has 1 fully saturated rings. The van der Waals surface area contributed by atoms with Crippen molar-refractivity contribution in [1.29, 1.82) is 0 Å². The van der Waals surface area contributed by atoms with Crippen LogP contribution in [0.1, 0.15) is 33.6 Å². The monoisotopic (exact) mass is 442 g/mol. The molecular formula is C20H18N4O6S. The van der Waals surface area contributed by atoms with E-state index in [4.69, 9.17) is 9.47 Å². The molecule has 0 saturated carbocycles. The van der Waals surface area contributed by atoms with E-state index in [2.05, 4.69) is 16.0 Å². The highest BCUT2D eigenvalue weighted by atomic mass is 32.1. The molecule has 4 heterocycles. The number of thiophene rings is 1. The molecule has 11 heteroatoms. The van der Waals surface area contributed by atoms with Crippen LogP contribution in [-0.4, -0.2) is 41.5 Å². The smallest absolute Gasteiger partial charge is 0.319 e. The third-order valence-electron chi connectivity index (χ3n) is 5.43. The minimum Gasteiger partial charge on any atom is -0.454 e. The number of hydrogen-bond donors (Lipinski definition) is 3. The van der Waals surface area contributed by atoms with E-state index in [0.717, 1.165) is 10.4 Å². The number of carbonyl (C=O) groups excluding carboxylic acids is 4. The fourth-order valence-corrected chi connectivity index (χ4v) is 4.84. The summed E-state index contributed by atoms with van der Waals surface area (Å²) in [5.41, 5.74) is 1.92. The predicted octanol–water partition coefficient (Wildman–Crippen LogP) is 1.56. The van der Waals surface area contributed by atoms with Gasteiger partial charge in [-0.3, -0.25) is 19.7 Å². The van der Waals surface area contributed by atoms with Gasteiger partial charge in [-0.15, -0.1) is 11.3 Å². The quantitative estimate of drug-likeness (QED) is 0.617. The third-order valence-corrected chi connectivity index (χ3v) is 6.46. The molecule has 31 heavy (non-hydrogen) atoms.